The largest absolute Gasteiger partial charge is 0.463 e. The lowest BCUT2D eigenvalue weighted by Crippen LogP contribution is -1.99. The smallest absolute Gasteiger partial charge is 0.330 e. The zero-order valence-corrected chi connectivity index (χ0v) is 8.88. The van der Waals surface area contributed by atoms with E-state index in [1.54, 1.807) is 4.40 Å². The first-order valence-electron chi connectivity index (χ1n) is 5.25. The van der Waals surface area contributed by atoms with Gasteiger partial charge in [-0.2, -0.15) is 0 Å². The molecule has 0 saturated carbocycles. The zero-order chi connectivity index (χ0) is 11.0. The maximum atomic E-state index is 5.52. The fraction of sp³-hybridized carbons (Fsp3) is 0.273. The summed E-state index contributed by atoms with van der Waals surface area (Å²) in [5.74, 6) is 0.465. The van der Waals surface area contributed by atoms with E-state index in [-0.39, 0.29) is 0 Å². The van der Waals surface area contributed by atoms with Crippen LogP contribution in [0.4, 0.5) is 0 Å². The Balaban J connectivity index is 2.22. The van der Waals surface area contributed by atoms with E-state index in [1.807, 2.05) is 31.2 Å². The maximum absolute atomic E-state index is 5.52. The molecule has 0 unspecified atom stereocenters. The molecule has 0 bridgehead atoms. The van der Waals surface area contributed by atoms with Gasteiger partial charge in [0.25, 0.3) is 0 Å². The van der Waals surface area contributed by atoms with Crippen LogP contribution in [-0.4, -0.2) is 21.2 Å². The van der Waals surface area contributed by atoms with Crippen LogP contribution in [0.1, 0.15) is 13.3 Å². The Bertz CT molecular complexity index is 626. The fourth-order valence-corrected chi connectivity index (χ4v) is 1.64. The van der Waals surface area contributed by atoms with Crippen molar-refractivity contribution in [2.24, 2.45) is 0 Å². The highest BCUT2D eigenvalue weighted by Crippen LogP contribution is 2.23. The van der Waals surface area contributed by atoms with E-state index in [1.165, 1.54) is 0 Å². The van der Waals surface area contributed by atoms with Crippen molar-refractivity contribution in [1.82, 2.24) is 14.6 Å². The van der Waals surface area contributed by atoms with Crippen LogP contribution in [0.2, 0.25) is 0 Å². The third kappa shape index (κ3) is 1.25. The van der Waals surface area contributed by atoms with E-state index < -0.39 is 0 Å². The number of rotatable bonds is 3. The molecule has 3 rings (SSSR count). The lowest BCUT2D eigenvalue weighted by Gasteiger charge is -1.99. The van der Waals surface area contributed by atoms with E-state index in [4.69, 9.17) is 9.15 Å². The Morgan fingerprint density at radius 3 is 3.06 bits per heavy atom. The van der Waals surface area contributed by atoms with Gasteiger partial charge in [0.1, 0.15) is 0 Å². The van der Waals surface area contributed by atoms with Gasteiger partial charge >= 0.3 is 11.9 Å². The summed E-state index contributed by atoms with van der Waals surface area (Å²) < 4.78 is 12.8. The van der Waals surface area contributed by atoms with Gasteiger partial charge in [-0.3, -0.25) is 0 Å². The van der Waals surface area contributed by atoms with Crippen molar-refractivity contribution < 1.29 is 9.15 Å². The quantitative estimate of drug-likeness (QED) is 0.675. The highest BCUT2D eigenvalue weighted by atomic mass is 16.5. The van der Waals surface area contributed by atoms with Crippen LogP contribution < -0.4 is 4.74 Å². The van der Waals surface area contributed by atoms with Gasteiger partial charge in [-0.1, -0.05) is 29.3 Å². The highest BCUT2D eigenvalue weighted by molar-refractivity contribution is 5.76. The van der Waals surface area contributed by atoms with Gasteiger partial charge in [0.2, 0.25) is 0 Å². The molecule has 0 aliphatic rings. The summed E-state index contributed by atoms with van der Waals surface area (Å²) in [6.45, 7) is 2.67. The van der Waals surface area contributed by atoms with E-state index in [0.717, 1.165) is 17.5 Å². The zero-order valence-electron chi connectivity index (χ0n) is 8.88. The Morgan fingerprint density at radius 2 is 2.19 bits per heavy atom. The molecule has 82 valence electrons. The van der Waals surface area contributed by atoms with Crippen molar-refractivity contribution in [3.8, 4) is 6.01 Å². The Hall–Kier alpha value is -2.04. The molecule has 5 heteroatoms. The molecule has 0 amide bonds. The third-order valence-electron chi connectivity index (χ3n) is 2.35. The molecule has 0 saturated heterocycles. The average molecular weight is 217 g/mol. The van der Waals surface area contributed by atoms with Crippen LogP contribution in [0.25, 0.3) is 16.9 Å². The topological polar surface area (TPSA) is 52.6 Å². The van der Waals surface area contributed by atoms with Gasteiger partial charge in [-0.25, -0.2) is 4.40 Å². The van der Waals surface area contributed by atoms with E-state index in [9.17, 15) is 0 Å². The summed E-state index contributed by atoms with van der Waals surface area (Å²) in [7, 11) is 0. The molecule has 3 aromatic rings. The molecule has 0 atom stereocenters. The lowest BCUT2D eigenvalue weighted by atomic mass is 10.3. The molecule has 0 radical (unpaired) electrons. The number of hydrogen-bond acceptors (Lipinski definition) is 4. The lowest BCUT2D eigenvalue weighted by molar-refractivity contribution is 0.290. The van der Waals surface area contributed by atoms with E-state index >= 15 is 0 Å². The molecule has 0 fully saturated rings. The van der Waals surface area contributed by atoms with E-state index in [0.29, 0.717) is 18.5 Å². The predicted molar refractivity (Wildman–Crippen MR) is 58.5 cm³/mol. The van der Waals surface area contributed by atoms with Crippen LogP contribution in [0, 0.1) is 0 Å². The molecule has 2 heterocycles. The first-order chi connectivity index (χ1) is 7.90. The molecular weight excluding hydrogens is 206 g/mol. The SMILES string of the molecule is CCCOc1nnc2oc3ccccc3n12. The normalized spacial score (nSPS) is 11.3. The van der Waals surface area contributed by atoms with Crippen LogP contribution in [-0.2, 0) is 0 Å². The van der Waals surface area contributed by atoms with Gasteiger partial charge in [-0.15, -0.1) is 0 Å². The van der Waals surface area contributed by atoms with Gasteiger partial charge < -0.3 is 9.15 Å². The highest BCUT2D eigenvalue weighted by Gasteiger charge is 2.13. The third-order valence-corrected chi connectivity index (χ3v) is 2.35. The number of oxazole rings is 1. The number of benzene rings is 1. The predicted octanol–water partition coefficient (Wildman–Crippen LogP) is 2.26. The molecule has 1 aromatic carbocycles. The molecule has 16 heavy (non-hydrogen) atoms. The van der Waals surface area contributed by atoms with Crippen LogP contribution in [0.3, 0.4) is 0 Å². The monoisotopic (exact) mass is 217 g/mol. The second-order valence-corrected chi connectivity index (χ2v) is 3.52. The Labute approximate surface area is 91.6 Å². The fourth-order valence-electron chi connectivity index (χ4n) is 1.64. The molecule has 0 N–H and O–H groups in total. The average Bonchev–Trinajstić information content (AvgIpc) is 2.85. The van der Waals surface area contributed by atoms with Crippen molar-refractivity contribution in [2.45, 2.75) is 13.3 Å². The van der Waals surface area contributed by atoms with Crippen molar-refractivity contribution in [3.05, 3.63) is 24.3 Å². The van der Waals surface area contributed by atoms with Crippen LogP contribution in [0.15, 0.2) is 28.7 Å². The van der Waals surface area contributed by atoms with Crippen molar-refractivity contribution in [2.75, 3.05) is 6.61 Å². The van der Waals surface area contributed by atoms with Crippen molar-refractivity contribution >= 4 is 16.9 Å². The number of para-hydroxylation sites is 2. The summed E-state index contributed by atoms with van der Waals surface area (Å²) in [5.41, 5.74) is 1.71. The van der Waals surface area contributed by atoms with Gasteiger partial charge in [0.15, 0.2) is 5.58 Å². The molecule has 0 spiro atoms. The molecular formula is C11H11N3O2. The standard InChI is InChI=1S/C11H11N3O2/c1-2-7-15-10-12-13-11-14(10)8-5-3-4-6-9(8)16-11/h3-6H,2,7H2,1H3. The Morgan fingerprint density at radius 1 is 1.31 bits per heavy atom. The maximum Gasteiger partial charge on any atom is 0.330 e. The van der Waals surface area contributed by atoms with Crippen LogP contribution in [0.5, 0.6) is 6.01 Å². The summed E-state index contributed by atoms with van der Waals surface area (Å²) in [4.78, 5) is 0. The number of ether oxygens (including phenoxy) is 1. The number of fused-ring (bicyclic) bond motifs is 3. The molecule has 0 aliphatic heterocycles. The van der Waals surface area contributed by atoms with Crippen molar-refractivity contribution in [1.29, 1.82) is 0 Å². The van der Waals surface area contributed by atoms with Crippen LogP contribution >= 0.6 is 0 Å². The summed E-state index contributed by atoms with van der Waals surface area (Å²) >= 11 is 0. The molecule has 5 nitrogen and oxygen atoms in total. The summed E-state index contributed by atoms with van der Waals surface area (Å²) in [5, 5.41) is 7.87. The van der Waals surface area contributed by atoms with Gasteiger partial charge in [0, 0.05) is 0 Å². The molecule has 2 aromatic heterocycles. The first-order valence-corrected chi connectivity index (χ1v) is 5.25. The summed E-state index contributed by atoms with van der Waals surface area (Å²) in [6.07, 6.45) is 0.935. The van der Waals surface area contributed by atoms with E-state index in [2.05, 4.69) is 10.2 Å². The minimum absolute atomic E-state index is 0.465. The minimum Gasteiger partial charge on any atom is -0.463 e. The van der Waals surface area contributed by atoms with Gasteiger partial charge in [0.05, 0.1) is 12.1 Å². The Kier molecular flexibility index (Phi) is 2.02. The van der Waals surface area contributed by atoms with Crippen molar-refractivity contribution in [3.63, 3.8) is 0 Å². The summed E-state index contributed by atoms with van der Waals surface area (Å²) in [6, 6.07) is 8.20. The number of nitrogens with zero attached hydrogens (tertiary/aromatic N) is 3. The number of hydrogen-bond donors (Lipinski definition) is 0. The molecule has 0 aliphatic carbocycles. The number of aromatic nitrogens is 3. The second-order valence-electron chi connectivity index (χ2n) is 3.52. The minimum atomic E-state index is 0.465. The second kappa shape index (κ2) is 3.52. The first kappa shape index (κ1) is 9.21. The van der Waals surface area contributed by atoms with Gasteiger partial charge in [-0.05, 0) is 18.6 Å².